The van der Waals surface area contributed by atoms with Crippen molar-refractivity contribution in [3.63, 3.8) is 0 Å². The number of H-pyrrole nitrogens is 1. The number of aliphatic hydroxyl groups excluding tert-OH is 1. The molecule has 3 N–H and O–H groups in total. The maximum Gasteiger partial charge on any atom is 0.329 e. The Bertz CT molecular complexity index is 772. The number of aliphatic hydroxyl groups is 1. The van der Waals surface area contributed by atoms with Crippen molar-refractivity contribution >= 4 is 17.1 Å². The topological polar surface area (TPSA) is 105 Å². The van der Waals surface area contributed by atoms with Gasteiger partial charge in [0.2, 0.25) is 5.95 Å². The quantitative estimate of drug-likeness (QED) is 0.623. The van der Waals surface area contributed by atoms with E-state index in [0.717, 1.165) is 25.8 Å². The normalized spacial score (nSPS) is 12.7. The molecule has 2 rings (SSSR count). The standard InChI is InChI=1S/C15H25N5O3/c1-4-5-6-7-8-16-14-17-12-11(20(14)9-10(2)21)13(22)18-15(23)19(12)3/h10,21H,4-9H2,1-3H3,(H,16,17)(H,18,22,23). The Morgan fingerprint density at radius 2 is 2.04 bits per heavy atom. The lowest BCUT2D eigenvalue weighted by Crippen LogP contribution is -2.29. The summed E-state index contributed by atoms with van der Waals surface area (Å²) in [6.07, 6.45) is 3.84. The van der Waals surface area contributed by atoms with Crippen LogP contribution in [0.4, 0.5) is 5.95 Å². The van der Waals surface area contributed by atoms with Crippen LogP contribution in [0.25, 0.3) is 11.2 Å². The van der Waals surface area contributed by atoms with Gasteiger partial charge in [-0.3, -0.25) is 14.3 Å². The highest BCUT2D eigenvalue weighted by molar-refractivity contribution is 5.74. The summed E-state index contributed by atoms with van der Waals surface area (Å²) in [6.45, 7) is 4.76. The highest BCUT2D eigenvalue weighted by Crippen LogP contribution is 2.16. The summed E-state index contributed by atoms with van der Waals surface area (Å²) in [5, 5.41) is 12.9. The summed E-state index contributed by atoms with van der Waals surface area (Å²) in [6, 6.07) is 0. The van der Waals surface area contributed by atoms with Gasteiger partial charge in [-0.25, -0.2) is 4.79 Å². The van der Waals surface area contributed by atoms with Crippen molar-refractivity contribution in [1.82, 2.24) is 19.1 Å². The molecule has 23 heavy (non-hydrogen) atoms. The Morgan fingerprint density at radius 3 is 2.70 bits per heavy atom. The van der Waals surface area contributed by atoms with Gasteiger partial charge in [-0.05, 0) is 13.3 Å². The lowest BCUT2D eigenvalue weighted by Gasteiger charge is -2.11. The van der Waals surface area contributed by atoms with E-state index in [9.17, 15) is 14.7 Å². The van der Waals surface area contributed by atoms with Crippen molar-refractivity contribution in [1.29, 1.82) is 0 Å². The molecule has 0 aromatic carbocycles. The van der Waals surface area contributed by atoms with Crippen molar-refractivity contribution < 1.29 is 5.11 Å². The van der Waals surface area contributed by atoms with E-state index in [2.05, 4.69) is 22.2 Å². The van der Waals surface area contributed by atoms with E-state index < -0.39 is 17.4 Å². The number of unbranched alkanes of at least 4 members (excludes halogenated alkanes) is 3. The zero-order chi connectivity index (χ0) is 17.0. The predicted octanol–water partition coefficient (Wildman–Crippen LogP) is 0.796. The summed E-state index contributed by atoms with van der Waals surface area (Å²) in [5.74, 6) is 0.504. The second kappa shape index (κ2) is 7.45. The SMILES string of the molecule is CCCCCCNc1nc2c(c(=O)[nH]c(=O)n2C)n1CC(C)O. The highest BCUT2D eigenvalue weighted by atomic mass is 16.3. The van der Waals surface area contributed by atoms with Crippen molar-refractivity contribution in [3.05, 3.63) is 20.8 Å². The van der Waals surface area contributed by atoms with Gasteiger partial charge >= 0.3 is 5.69 Å². The molecule has 1 atom stereocenters. The number of nitrogens with zero attached hydrogens (tertiary/aromatic N) is 3. The molecular formula is C15H25N5O3. The van der Waals surface area contributed by atoms with Crippen molar-refractivity contribution in [2.24, 2.45) is 7.05 Å². The van der Waals surface area contributed by atoms with Gasteiger partial charge in [-0.2, -0.15) is 4.98 Å². The third-order valence-electron chi connectivity index (χ3n) is 3.77. The smallest absolute Gasteiger partial charge is 0.329 e. The first kappa shape index (κ1) is 17.3. The van der Waals surface area contributed by atoms with Gasteiger partial charge in [0.1, 0.15) is 0 Å². The van der Waals surface area contributed by atoms with Crippen molar-refractivity contribution in [2.75, 3.05) is 11.9 Å². The minimum absolute atomic E-state index is 0.231. The molecular weight excluding hydrogens is 298 g/mol. The minimum atomic E-state index is -0.635. The first-order chi connectivity index (χ1) is 11.0. The zero-order valence-electron chi connectivity index (χ0n) is 13.9. The van der Waals surface area contributed by atoms with Gasteiger partial charge in [-0.15, -0.1) is 0 Å². The Balaban J connectivity index is 2.38. The van der Waals surface area contributed by atoms with Crippen LogP contribution in [0.2, 0.25) is 0 Å². The molecule has 0 aliphatic rings. The third kappa shape index (κ3) is 3.82. The van der Waals surface area contributed by atoms with E-state index in [1.165, 1.54) is 11.0 Å². The summed E-state index contributed by atoms with van der Waals surface area (Å²) in [5.41, 5.74) is -0.381. The lowest BCUT2D eigenvalue weighted by atomic mass is 10.2. The van der Waals surface area contributed by atoms with E-state index in [1.807, 2.05) is 0 Å². The Kier molecular flexibility index (Phi) is 5.59. The van der Waals surface area contributed by atoms with Gasteiger partial charge < -0.3 is 15.0 Å². The molecule has 1 unspecified atom stereocenters. The highest BCUT2D eigenvalue weighted by Gasteiger charge is 2.18. The Labute approximate surface area is 134 Å². The first-order valence-corrected chi connectivity index (χ1v) is 8.07. The molecule has 2 aromatic rings. The first-order valence-electron chi connectivity index (χ1n) is 8.07. The molecule has 0 radical (unpaired) electrons. The summed E-state index contributed by atoms with van der Waals surface area (Å²) < 4.78 is 2.94. The van der Waals surface area contributed by atoms with Crippen LogP contribution in [-0.2, 0) is 13.6 Å². The number of fused-ring (bicyclic) bond motifs is 1. The van der Waals surface area contributed by atoms with Crippen molar-refractivity contribution in [2.45, 2.75) is 52.2 Å². The molecule has 0 aliphatic carbocycles. The number of imidazole rings is 1. The number of aromatic amines is 1. The number of nitrogens with one attached hydrogen (secondary N) is 2. The molecule has 0 fully saturated rings. The number of hydrogen-bond acceptors (Lipinski definition) is 5. The van der Waals surface area contributed by atoms with Gasteiger partial charge in [0.25, 0.3) is 5.56 Å². The van der Waals surface area contributed by atoms with Gasteiger partial charge in [0.15, 0.2) is 11.2 Å². The zero-order valence-corrected chi connectivity index (χ0v) is 13.9. The molecule has 0 amide bonds. The molecule has 2 aromatic heterocycles. The molecule has 0 aliphatic heterocycles. The fourth-order valence-electron chi connectivity index (χ4n) is 2.56. The average Bonchev–Trinajstić information content (AvgIpc) is 2.83. The number of aromatic nitrogens is 4. The fraction of sp³-hybridized carbons (Fsp3) is 0.667. The number of hydrogen-bond donors (Lipinski definition) is 3. The third-order valence-corrected chi connectivity index (χ3v) is 3.77. The van der Waals surface area contributed by atoms with Gasteiger partial charge in [0.05, 0.1) is 12.6 Å². The molecule has 0 spiro atoms. The lowest BCUT2D eigenvalue weighted by molar-refractivity contribution is 0.175. The predicted molar refractivity (Wildman–Crippen MR) is 89.9 cm³/mol. The second-order valence-corrected chi connectivity index (χ2v) is 5.87. The number of anilines is 1. The van der Waals surface area contributed by atoms with E-state index in [4.69, 9.17) is 0 Å². The molecule has 0 saturated carbocycles. The van der Waals surface area contributed by atoms with E-state index in [-0.39, 0.29) is 6.54 Å². The minimum Gasteiger partial charge on any atom is -0.392 e. The Hall–Kier alpha value is -2.09. The average molecular weight is 323 g/mol. The maximum absolute atomic E-state index is 12.1. The van der Waals surface area contributed by atoms with Crippen LogP contribution in [0.3, 0.4) is 0 Å². The summed E-state index contributed by atoms with van der Waals surface area (Å²) in [4.78, 5) is 30.5. The van der Waals surface area contributed by atoms with Crippen LogP contribution < -0.4 is 16.6 Å². The fourth-order valence-corrected chi connectivity index (χ4v) is 2.56. The van der Waals surface area contributed by atoms with E-state index in [0.29, 0.717) is 17.1 Å². The van der Waals surface area contributed by atoms with Gasteiger partial charge in [-0.1, -0.05) is 26.2 Å². The molecule has 8 nitrogen and oxygen atoms in total. The molecule has 8 heteroatoms. The molecule has 0 bridgehead atoms. The largest absolute Gasteiger partial charge is 0.392 e. The van der Waals surface area contributed by atoms with Crippen LogP contribution in [0.15, 0.2) is 9.59 Å². The van der Waals surface area contributed by atoms with Crippen LogP contribution >= 0.6 is 0 Å². The second-order valence-electron chi connectivity index (χ2n) is 5.87. The number of rotatable bonds is 8. The maximum atomic E-state index is 12.1. The molecule has 128 valence electrons. The van der Waals surface area contributed by atoms with E-state index >= 15 is 0 Å². The van der Waals surface area contributed by atoms with Crippen LogP contribution in [0, 0.1) is 0 Å². The van der Waals surface area contributed by atoms with Crippen LogP contribution in [0.1, 0.15) is 39.5 Å². The molecule has 2 heterocycles. The van der Waals surface area contributed by atoms with Crippen molar-refractivity contribution in [3.8, 4) is 0 Å². The monoisotopic (exact) mass is 323 g/mol. The number of aryl methyl sites for hydroxylation is 1. The summed E-state index contributed by atoms with van der Waals surface area (Å²) >= 11 is 0. The van der Waals surface area contributed by atoms with Crippen LogP contribution in [-0.4, -0.2) is 36.9 Å². The molecule has 0 saturated heterocycles. The Morgan fingerprint density at radius 1 is 1.30 bits per heavy atom. The van der Waals surface area contributed by atoms with Gasteiger partial charge in [0, 0.05) is 13.6 Å². The van der Waals surface area contributed by atoms with Crippen LogP contribution in [0.5, 0.6) is 0 Å². The van der Waals surface area contributed by atoms with E-state index in [1.54, 1.807) is 18.5 Å². The summed E-state index contributed by atoms with van der Waals surface area (Å²) in [7, 11) is 1.56.